The van der Waals surface area contributed by atoms with Gasteiger partial charge in [0.15, 0.2) is 11.5 Å². The molecule has 0 aromatic heterocycles. The summed E-state index contributed by atoms with van der Waals surface area (Å²) in [6.45, 7) is 2.96. The van der Waals surface area contributed by atoms with Gasteiger partial charge in [-0.15, -0.1) is 11.8 Å². The topological polar surface area (TPSA) is 48.0 Å². The summed E-state index contributed by atoms with van der Waals surface area (Å²) in [5.74, 6) is 1.91. The van der Waals surface area contributed by atoms with E-state index in [-0.39, 0.29) is 5.91 Å². The Morgan fingerprint density at radius 2 is 1.79 bits per heavy atom. The zero-order chi connectivity index (χ0) is 20.1. The molecule has 0 N–H and O–H groups in total. The fourth-order valence-electron chi connectivity index (χ4n) is 3.41. The van der Waals surface area contributed by atoms with Crippen molar-refractivity contribution < 1.29 is 19.0 Å². The smallest absolute Gasteiger partial charge is 0.227 e. The highest BCUT2D eigenvalue weighted by Gasteiger charge is 2.24. The maximum atomic E-state index is 13.1. The van der Waals surface area contributed by atoms with Crippen LogP contribution in [-0.4, -0.2) is 39.0 Å². The summed E-state index contributed by atoms with van der Waals surface area (Å²) in [6.07, 6.45) is 2.01. The highest BCUT2D eigenvalue weighted by atomic mass is 32.2. The van der Waals surface area contributed by atoms with Gasteiger partial charge in [-0.25, -0.2) is 0 Å². The first-order chi connectivity index (χ1) is 13.6. The van der Waals surface area contributed by atoms with E-state index in [4.69, 9.17) is 14.2 Å². The van der Waals surface area contributed by atoms with Crippen molar-refractivity contribution in [2.24, 2.45) is 0 Å². The molecule has 0 saturated heterocycles. The molecule has 0 bridgehead atoms. The second-order valence-corrected chi connectivity index (χ2v) is 8.24. The van der Waals surface area contributed by atoms with Gasteiger partial charge in [-0.05, 0) is 42.7 Å². The summed E-state index contributed by atoms with van der Waals surface area (Å²) >= 11 is 1.84. The van der Waals surface area contributed by atoms with Crippen molar-refractivity contribution in [3.63, 3.8) is 0 Å². The van der Waals surface area contributed by atoms with Gasteiger partial charge in [-0.1, -0.05) is 19.1 Å². The van der Waals surface area contributed by atoms with E-state index in [9.17, 15) is 4.79 Å². The Morgan fingerprint density at radius 3 is 2.43 bits per heavy atom. The van der Waals surface area contributed by atoms with Gasteiger partial charge in [0.05, 0.1) is 27.0 Å². The maximum Gasteiger partial charge on any atom is 0.227 e. The van der Waals surface area contributed by atoms with Gasteiger partial charge < -0.3 is 19.1 Å². The molecule has 5 nitrogen and oxygen atoms in total. The average Bonchev–Trinajstić information content (AvgIpc) is 2.89. The Hall–Kier alpha value is -2.34. The van der Waals surface area contributed by atoms with Crippen LogP contribution in [0.4, 0.5) is 5.69 Å². The van der Waals surface area contributed by atoms with Crippen LogP contribution in [0.2, 0.25) is 0 Å². The van der Waals surface area contributed by atoms with Crippen molar-refractivity contribution in [3.8, 4) is 17.2 Å². The van der Waals surface area contributed by atoms with Crippen LogP contribution in [0.3, 0.4) is 0 Å². The minimum atomic E-state index is 0.135. The van der Waals surface area contributed by atoms with E-state index in [2.05, 4.69) is 13.0 Å². The maximum absolute atomic E-state index is 13.1. The molecular formula is C22H27NO4S. The first-order valence-corrected chi connectivity index (χ1v) is 10.3. The lowest BCUT2D eigenvalue weighted by Gasteiger charge is -2.22. The van der Waals surface area contributed by atoms with E-state index >= 15 is 0 Å². The molecule has 0 radical (unpaired) electrons. The van der Waals surface area contributed by atoms with E-state index in [1.807, 2.05) is 47.0 Å². The molecule has 0 spiro atoms. The van der Waals surface area contributed by atoms with Crippen LogP contribution in [0.5, 0.6) is 17.2 Å². The molecule has 1 aliphatic rings. The molecule has 2 aromatic carbocycles. The Kier molecular flexibility index (Phi) is 6.73. The van der Waals surface area contributed by atoms with Crippen LogP contribution >= 0.6 is 11.8 Å². The molecule has 0 saturated carbocycles. The number of carbonyl (C=O) groups is 1. The van der Waals surface area contributed by atoms with E-state index in [0.29, 0.717) is 35.3 Å². The summed E-state index contributed by atoms with van der Waals surface area (Å²) in [7, 11) is 4.78. The zero-order valence-electron chi connectivity index (χ0n) is 16.9. The van der Waals surface area contributed by atoms with Gasteiger partial charge in [0.25, 0.3) is 0 Å². The van der Waals surface area contributed by atoms with Gasteiger partial charge >= 0.3 is 0 Å². The highest BCUT2D eigenvalue weighted by molar-refractivity contribution is 8.00. The van der Waals surface area contributed by atoms with Crippen LogP contribution in [0.15, 0.2) is 41.3 Å². The molecular weight excluding hydrogens is 374 g/mol. The molecule has 1 heterocycles. The Bertz CT molecular complexity index is 814. The number of nitrogens with zero attached hydrogens (tertiary/aromatic N) is 1. The van der Waals surface area contributed by atoms with E-state index in [0.717, 1.165) is 24.2 Å². The van der Waals surface area contributed by atoms with E-state index in [1.165, 1.54) is 4.90 Å². The average molecular weight is 402 g/mol. The van der Waals surface area contributed by atoms with Gasteiger partial charge in [-0.2, -0.15) is 0 Å². The third-order valence-corrected chi connectivity index (χ3v) is 6.13. The molecule has 1 amide bonds. The minimum Gasteiger partial charge on any atom is -0.493 e. The monoisotopic (exact) mass is 401 g/mol. The molecule has 1 atom stereocenters. The van der Waals surface area contributed by atoms with Gasteiger partial charge in [0.1, 0.15) is 0 Å². The van der Waals surface area contributed by atoms with Crippen molar-refractivity contribution in [2.45, 2.75) is 36.3 Å². The Balaban J connectivity index is 1.77. The largest absolute Gasteiger partial charge is 0.493 e. The van der Waals surface area contributed by atoms with Crippen molar-refractivity contribution in [2.75, 3.05) is 32.8 Å². The first kappa shape index (κ1) is 20.4. The van der Waals surface area contributed by atoms with Crippen LogP contribution in [0, 0.1) is 0 Å². The van der Waals surface area contributed by atoms with Crippen molar-refractivity contribution in [3.05, 3.63) is 42.0 Å². The number of aryl methyl sites for hydroxylation is 1. The molecule has 3 rings (SSSR count). The summed E-state index contributed by atoms with van der Waals surface area (Å²) in [5.41, 5.74) is 2.00. The summed E-state index contributed by atoms with van der Waals surface area (Å²) in [6, 6.07) is 12.0. The number of hydrogen-bond donors (Lipinski definition) is 0. The van der Waals surface area contributed by atoms with Crippen LogP contribution in [-0.2, 0) is 11.2 Å². The molecule has 0 fully saturated rings. The summed E-state index contributed by atoms with van der Waals surface area (Å²) in [5, 5.41) is 0.495. The predicted molar refractivity (Wildman–Crippen MR) is 113 cm³/mol. The number of methoxy groups -OCH3 is 3. The number of amides is 1. The lowest BCUT2D eigenvalue weighted by Crippen LogP contribution is -2.32. The normalized spacial score (nSPS) is 16.1. The molecule has 1 aliphatic heterocycles. The second kappa shape index (κ2) is 9.24. The number of benzene rings is 2. The van der Waals surface area contributed by atoms with E-state index in [1.54, 1.807) is 21.3 Å². The van der Waals surface area contributed by atoms with Crippen LogP contribution in [0.25, 0.3) is 0 Å². The van der Waals surface area contributed by atoms with Crippen LogP contribution < -0.4 is 19.1 Å². The number of ether oxygens (including phenoxy) is 3. The number of thioether (sulfide) groups is 1. The molecule has 28 heavy (non-hydrogen) atoms. The third-order valence-electron chi connectivity index (χ3n) is 4.90. The number of anilines is 1. The molecule has 6 heteroatoms. The third kappa shape index (κ3) is 4.38. The number of para-hydroxylation sites is 1. The number of hydrogen-bond acceptors (Lipinski definition) is 5. The van der Waals surface area contributed by atoms with Gasteiger partial charge in [0.2, 0.25) is 11.7 Å². The molecule has 1 unspecified atom stereocenters. The number of carbonyl (C=O) groups excluding carboxylic acids is 1. The Labute approximate surface area is 171 Å². The lowest BCUT2D eigenvalue weighted by atomic mass is 10.1. The van der Waals surface area contributed by atoms with Gasteiger partial charge in [-0.3, -0.25) is 4.79 Å². The van der Waals surface area contributed by atoms with E-state index < -0.39 is 0 Å². The standard InChI is InChI=1S/C22H27NO4S/c1-15-11-12-23(17-7-5-6-8-20(17)28-15)21(24)10-9-16-13-18(25-2)22(27-4)19(14-16)26-3/h5-8,13-15H,9-12H2,1-4H3. The molecule has 150 valence electrons. The van der Waals surface area contributed by atoms with Gasteiger partial charge in [0, 0.05) is 23.1 Å². The molecule has 2 aromatic rings. The molecule has 0 aliphatic carbocycles. The fraction of sp³-hybridized carbons (Fsp3) is 0.409. The first-order valence-electron chi connectivity index (χ1n) is 9.42. The summed E-state index contributed by atoms with van der Waals surface area (Å²) < 4.78 is 16.2. The Morgan fingerprint density at radius 1 is 1.11 bits per heavy atom. The van der Waals surface area contributed by atoms with Crippen molar-refractivity contribution in [1.82, 2.24) is 0 Å². The van der Waals surface area contributed by atoms with Crippen molar-refractivity contribution in [1.29, 1.82) is 0 Å². The zero-order valence-corrected chi connectivity index (χ0v) is 17.7. The minimum absolute atomic E-state index is 0.135. The highest BCUT2D eigenvalue weighted by Crippen LogP contribution is 2.39. The number of rotatable bonds is 6. The number of fused-ring (bicyclic) bond motifs is 1. The second-order valence-electron chi connectivity index (χ2n) is 6.76. The quantitative estimate of drug-likeness (QED) is 0.710. The van der Waals surface area contributed by atoms with Crippen molar-refractivity contribution >= 4 is 23.4 Å². The predicted octanol–water partition coefficient (Wildman–Crippen LogP) is 4.56. The lowest BCUT2D eigenvalue weighted by molar-refractivity contribution is -0.118. The summed E-state index contributed by atoms with van der Waals surface area (Å²) in [4.78, 5) is 16.2. The SMILES string of the molecule is COc1cc(CCC(=O)N2CCC(C)Sc3ccccc32)cc(OC)c1OC. The van der Waals surface area contributed by atoms with Crippen LogP contribution in [0.1, 0.15) is 25.3 Å². The fourth-order valence-corrected chi connectivity index (χ4v) is 4.52.